The highest BCUT2D eigenvalue weighted by Crippen LogP contribution is 2.25. The molecule has 2 heterocycles. The molecule has 0 unspecified atom stereocenters. The minimum Gasteiger partial charge on any atom is -0.250 e. The average Bonchev–Trinajstić information content (AvgIpc) is 2.60. The van der Waals surface area contributed by atoms with Crippen molar-refractivity contribution >= 4 is 5.57 Å². The highest BCUT2D eigenvalue weighted by Gasteiger charge is 2.22. The largest absolute Gasteiger partial charge is 0.250 e. The van der Waals surface area contributed by atoms with Gasteiger partial charge in [0.1, 0.15) is 12.7 Å². The van der Waals surface area contributed by atoms with Crippen LogP contribution < -0.4 is 4.57 Å². The van der Waals surface area contributed by atoms with Gasteiger partial charge in [-0.3, -0.25) is 0 Å². The molecule has 2 rings (SSSR count). The van der Waals surface area contributed by atoms with Crippen LogP contribution in [-0.2, 0) is 7.05 Å². The lowest BCUT2D eigenvalue weighted by Gasteiger charge is -2.12. The van der Waals surface area contributed by atoms with Gasteiger partial charge in [-0.25, -0.2) is 4.98 Å². The molecule has 0 aliphatic heterocycles. The zero-order chi connectivity index (χ0) is 19.6. The topological polar surface area (TPSA) is 16.8 Å². The van der Waals surface area contributed by atoms with E-state index in [2.05, 4.69) is 90.9 Å². The van der Waals surface area contributed by atoms with Crippen LogP contribution in [0.4, 0.5) is 0 Å². The van der Waals surface area contributed by atoms with Crippen molar-refractivity contribution in [1.29, 1.82) is 0 Å². The number of hydrogen-bond donors (Lipinski definition) is 0. The first-order valence-corrected chi connectivity index (χ1v) is 9.12. The molecule has 26 heavy (non-hydrogen) atoms. The predicted octanol–water partition coefficient (Wildman–Crippen LogP) is 5.73. The molecule has 0 radical (unpaired) electrons. The third-order valence-electron chi connectivity index (χ3n) is 5.39. The lowest BCUT2D eigenvalue weighted by atomic mass is 9.99. The first kappa shape index (κ1) is 19.8. The second-order valence-electron chi connectivity index (χ2n) is 7.22. The van der Waals surface area contributed by atoms with Gasteiger partial charge in [0, 0.05) is 23.4 Å². The molecule has 2 aromatic rings. The van der Waals surface area contributed by atoms with E-state index in [1.54, 1.807) is 0 Å². The van der Waals surface area contributed by atoms with Gasteiger partial charge < -0.3 is 0 Å². The Morgan fingerprint density at radius 3 is 2.23 bits per heavy atom. The molecule has 0 spiro atoms. The van der Waals surface area contributed by atoms with Crippen LogP contribution in [0.1, 0.15) is 48.7 Å². The van der Waals surface area contributed by atoms with Gasteiger partial charge in [0.15, 0.2) is 0 Å². The Bertz CT molecular complexity index is 928. The molecule has 2 heteroatoms. The first-order valence-electron chi connectivity index (χ1n) is 9.12. The number of hydrogen-bond acceptors (Lipinski definition) is 1. The second-order valence-corrected chi connectivity index (χ2v) is 7.22. The van der Waals surface area contributed by atoms with Gasteiger partial charge in [0.05, 0.1) is 0 Å². The highest BCUT2D eigenvalue weighted by atomic mass is 15.0. The molecule has 0 atom stereocenters. The molecule has 2 nitrogen and oxygen atoms in total. The van der Waals surface area contributed by atoms with Crippen molar-refractivity contribution in [2.45, 2.75) is 48.5 Å². The van der Waals surface area contributed by atoms with Gasteiger partial charge in [-0.2, -0.15) is 4.57 Å². The zero-order valence-electron chi connectivity index (χ0n) is 17.5. The van der Waals surface area contributed by atoms with Crippen molar-refractivity contribution in [2.75, 3.05) is 0 Å². The predicted molar refractivity (Wildman–Crippen MR) is 112 cm³/mol. The molecular weight excluding hydrogens is 316 g/mol. The first-order chi connectivity index (χ1) is 12.2. The van der Waals surface area contributed by atoms with Gasteiger partial charge in [-0.1, -0.05) is 18.2 Å². The molecule has 0 saturated heterocycles. The summed E-state index contributed by atoms with van der Waals surface area (Å²) in [6, 6.07) is 4.39. The van der Waals surface area contributed by atoms with E-state index in [1.807, 2.05) is 6.20 Å². The zero-order valence-corrected chi connectivity index (χ0v) is 17.5. The van der Waals surface area contributed by atoms with Crippen molar-refractivity contribution < 1.29 is 4.57 Å². The molecule has 0 N–H and O–H groups in total. The van der Waals surface area contributed by atoms with Gasteiger partial charge in [-0.05, 0) is 82.9 Å². The Morgan fingerprint density at radius 2 is 1.65 bits per heavy atom. The summed E-state index contributed by atoms with van der Waals surface area (Å²) in [5, 5.41) is 0. The van der Waals surface area contributed by atoms with Gasteiger partial charge in [0.25, 0.3) is 0 Å². The Labute approximate surface area is 158 Å². The van der Waals surface area contributed by atoms with Crippen molar-refractivity contribution in [3.8, 4) is 11.4 Å². The van der Waals surface area contributed by atoms with Crippen LogP contribution in [0.3, 0.4) is 0 Å². The van der Waals surface area contributed by atoms with Crippen LogP contribution in [0.5, 0.6) is 0 Å². The quantitative estimate of drug-likeness (QED) is 0.509. The number of pyridine rings is 2. The van der Waals surface area contributed by atoms with E-state index in [4.69, 9.17) is 4.98 Å². The van der Waals surface area contributed by atoms with E-state index in [-0.39, 0.29) is 0 Å². The molecule has 136 valence electrons. The summed E-state index contributed by atoms with van der Waals surface area (Å²) in [6.45, 7) is 19.2. The Balaban J connectivity index is 2.66. The fraction of sp³-hybridized carbons (Fsp3) is 0.333. The number of aryl methyl sites for hydroxylation is 3. The van der Waals surface area contributed by atoms with Gasteiger partial charge >= 0.3 is 0 Å². The molecule has 0 aliphatic rings. The summed E-state index contributed by atoms with van der Waals surface area (Å²) in [7, 11) is 2.10. The molecule has 2 aromatic heterocycles. The fourth-order valence-electron chi connectivity index (χ4n) is 3.07. The van der Waals surface area contributed by atoms with E-state index in [9.17, 15) is 0 Å². The maximum absolute atomic E-state index is 4.70. The third kappa shape index (κ3) is 3.85. The van der Waals surface area contributed by atoms with Crippen molar-refractivity contribution in [2.24, 2.45) is 7.05 Å². The SMILES string of the molecule is C=C(C=C(C)C(C)=CC)c1cc(C)c(C)c(-c2cc(C)c(C)cn2)[n+]1C. The minimum absolute atomic E-state index is 1.01. The van der Waals surface area contributed by atoms with Crippen LogP contribution >= 0.6 is 0 Å². The van der Waals surface area contributed by atoms with Crippen molar-refractivity contribution in [1.82, 2.24) is 4.98 Å². The summed E-state index contributed by atoms with van der Waals surface area (Å²) >= 11 is 0. The third-order valence-corrected chi connectivity index (χ3v) is 5.39. The van der Waals surface area contributed by atoms with Crippen LogP contribution in [-0.4, -0.2) is 4.98 Å². The van der Waals surface area contributed by atoms with Crippen LogP contribution in [0.25, 0.3) is 17.0 Å². The van der Waals surface area contributed by atoms with Crippen molar-refractivity contribution in [3.05, 3.63) is 76.2 Å². The summed E-state index contributed by atoms with van der Waals surface area (Å²) in [5.74, 6) is 0. The monoisotopic (exact) mass is 347 g/mol. The summed E-state index contributed by atoms with van der Waals surface area (Å²) < 4.78 is 2.22. The molecule has 0 bridgehead atoms. The molecule has 0 amide bonds. The van der Waals surface area contributed by atoms with E-state index in [0.29, 0.717) is 0 Å². The highest BCUT2D eigenvalue weighted by molar-refractivity contribution is 5.71. The summed E-state index contributed by atoms with van der Waals surface area (Å²) in [6.07, 6.45) is 6.25. The Hall–Kier alpha value is -2.48. The average molecular weight is 348 g/mol. The maximum atomic E-state index is 4.70. The Morgan fingerprint density at radius 1 is 1.00 bits per heavy atom. The van der Waals surface area contributed by atoms with Crippen LogP contribution in [0.15, 0.2) is 48.2 Å². The second kappa shape index (κ2) is 7.82. The molecule has 0 saturated carbocycles. The normalized spacial score (nSPS) is 12.5. The Kier molecular flexibility index (Phi) is 5.97. The molecule has 0 aliphatic carbocycles. The smallest absolute Gasteiger partial charge is 0.234 e. The van der Waals surface area contributed by atoms with Crippen LogP contribution in [0, 0.1) is 27.7 Å². The number of rotatable bonds is 4. The lowest BCUT2D eigenvalue weighted by Crippen LogP contribution is -2.37. The van der Waals surface area contributed by atoms with E-state index in [1.165, 1.54) is 33.4 Å². The minimum atomic E-state index is 1.01. The number of allylic oxidation sites excluding steroid dienone is 5. The molecule has 0 fully saturated rings. The van der Waals surface area contributed by atoms with E-state index in [0.717, 1.165) is 22.7 Å². The molecule has 0 aromatic carbocycles. The van der Waals surface area contributed by atoms with Gasteiger partial charge in [-0.15, -0.1) is 0 Å². The van der Waals surface area contributed by atoms with Crippen molar-refractivity contribution in [3.63, 3.8) is 0 Å². The maximum Gasteiger partial charge on any atom is 0.234 e. The summed E-state index contributed by atoms with van der Waals surface area (Å²) in [5.41, 5.74) is 11.8. The lowest BCUT2D eigenvalue weighted by molar-refractivity contribution is -0.663. The van der Waals surface area contributed by atoms with E-state index >= 15 is 0 Å². The van der Waals surface area contributed by atoms with Crippen LogP contribution in [0.2, 0.25) is 0 Å². The molecular formula is C24H31N2+. The fourth-order valence-corrected chi connectivity index (χ4v) is 3.07. The standard InChI is InChI=1S/C24H31N2/c1-10-15(2)16(3)11-19(6)23-13-18(5)21(8)24(26(23)9)22-12-17(4)20(7)14-25-22/h10-14H,6H2,1-5,7-9H3/q+1. The summed E-state index contributed by atoms with van der Waals surface area (Å²) in [4.78, 5) is 4.70. The van der Waals surface area contributed by atoms with E-state index < -0.39 is 0 Å². The van der Waals surface area contributed by atoms with Gasteiger partial charge in [0.2, 0.25) is 11.4 Å². The number of nitrogens with zero attached hydrogens (tertiary/aromatic N) is 2. The number of aromatic nitrogens is 2.